The quantitative estimate of drug-likeness (QED) is 0.514. The highest BCUT2D eigenvalue weighted by molar-refractivity contribution is 5.18. The van der Waals surface area contributed by atoms with Crippen LogP contribution in [0.3, 0.4) is 0 Å². The average Bonchev–Trinajstić information content (AvgIpc) is 2.63. The van der Waals surface area contributed by atoms with Gasteiger partial charge in [-0.15, -0.1) is 0 Å². The molecule has 3 heterocycles. The summed E-state index contributed by atoms with van der Waals surface area (Å²) in [5.41, 5.74) is 1.37. The van der Waals surface area contributed by atoms with E-state index in [1.165, 1.54) is 18.5 Å². The van der Waals surface area contributed by atoms with Crippen molar-refractivity contribution in [2.24, 2.45) is 0 Å². The van der Waals surface area contributed by atoms with Gasteiger partial charge in [0.05, 0.1) is 24.8 Å². The van der Waals surface area contributed by atoms with Gasteiger partial charge in [-0.2, -0.15) is 0 Å². The van der Waals surface area contributed by atoms with Gasteiger partial charge < -0.3 is 9.30 Å². The lowest BCUT2D eigenvalue weighted by atomic mass is 9.97. The van der Waals surface area contributed by atoms with E-state index in [2.05, 4.69) is 9.55 Å². The second-order valence-corrected chi connectivity index (χ2v) is 3.36. The van der Waals surface area contributed by atoms with Crippen molar-refractivity contribution in [1.29, 1.82) is 0 Å². The van der Waals surface area contributed by atoms with Crippen LogP contribution in [0, 0.1) is 0 Å². The summed E-state index contributed by atoms with van der Waals surface area (Å²) in [6, 6.07) is 0. The van der Waals surface area contributed by atoms with Gasteiger partial charge in [-0.1, -0.05) is 0 Å². The minimum Gasteiger partial charge on any atom is -0.363 e. The Morgan fingerprint density at radius 3 is 3.36 bits per heavy atom. The Morgan fingerprint density at radius 2 is 2.55 bits per heavy atom. The van der Waals surface area contributed by atoms with Crippen molar-refractivity contribution in [3.63, 3.8) is 0 Å². The summed E-state index contributed by atoms with van der Waals surface area (Å²) in [5, 5.41) is 0. The fraction of sp³-hybridized carbons (Fsp3) is 0.625. The highest BCUT2D eigenvalue weighted by Crippen LogP contribution is 2.45. The van der Waals surface area contributed by atoms with Gasteiger partial charge in [0.2, 0.25) is 0 Å². The Hall–Kier alpha value is -0.830. The summed E-state index contributed by atoms with van der Waals surface area (Å²) in [4.78, 5) is 4.12. The molecule has 0 amide bonds. The van der Waals surface area contributed by atoms with Crippen LogP contribution in [-0.4, -0.2) is 16.2 Å². The first kappa shape index (κ1) is 5.77. The van der Waals surface area contributed by atoms with Gasteiger partial charge in [0.1, 0.15) is 5.60 Å². The third-order valence-corrected chi connectivity index (χ3v) is 2.65. The number of hydrogen-bond acceptors (Lipinski definition) is 2. The molecule has 58 valence electrons. The third kappa shape index (κ3) is 0.639. The Morgan fingerprint density at radius 1 is 1.64 bits per heavy atom. The molecule has 0 aromatic carbocycles. The normalized spacial score (nSPS) is 33.8. The number of nitrogens with zero attached hydrogens (tertiary/aromatic N) is 2. The van der Waals surface area contributed by atoms with E-state index in [0.717, 1.165) is 13.2 Å². The monoisotopic (exact) mass is 150 g/mol. The van der Waals surface area contributed by atoms with Crippen LogP contribution >= 0.6 is 0 Å². The van der Waals surface area contributed by atoms with Crippen molar-refractivity contribution in [3.8, 4) is 0 Å². The number of aryl methyl sites for hydroxylation is 1. The molecule has 0 radical (unpaired) electrons. The molecule has 1 saturated heterocycles. The number of epoxide rings is 1. The van der Waals surface area contributed by atoms with Crippen LogP contribution in [0.4, 0.5) is 0 Å². The molecular weight excluding hydrogens is 140 g/mol. The Bertz CT molecular complexity index is 288. The van der Waals surface area contributed by atoms with Gasteiger partial charge in [0.25, 0.3) is 0 Å². The molecule has 11 heavy (non-hydrogen) atoms. The molecule has 1 aromatic heterocycles. The van der Waals surface area contributed by atoms with Gasteiger partial charge in [0, 0.05) is 6.54 Å². The van der Waals surface area contributed by atoms with Crippen LogP contribution in [0.5, 0.6) is 0 Å². The molecule has 3 rings (SSSR count). The number of aromatic nitrogens is 2. The van der Waals surface area contributed by atoms with Crippen molar-refractivity contribution in [3.05, 3.63) is 18.2 Å². The zero-order valence-corrected chi connectivity index (χ0v) is 6.29. The standard InChI is InChI=1S/C8H10N2O/c1-2-8(5-11-8)7-4-9-6-10(7)3-1/h4,6H,1-3,5H2. The molecule has 1 spiro atoms. The van der Waals surface area contributed by atoms with E-state index in [9.17, 15) is 0 Å². The second kappa shape index (κ2) is 1.67. The average molecular weight is 150 g/mol. The first-order valence-corrected chi connectivity index (χ1v) is 4.05. The van der Waals surface area contributed by atoms with E-state index in [0.29, 0.717) is 0 Å². The lowest BCUT2D eigenvalue weighted by Gasteiger charge is -2.20. The zero-order valence-electron chi connectivity index (χ0n) is 6.29. The molecule has 1 atom stereocenters. The minimum absolute atomic E-state index is 0.0920. The van der Waals surface area contributed by atoms with Crippen LogP contribution in [0.2, 0.25) is 0 Å². The lowest BCUT2D eigenvalue weighted by molar-refractivity contribution is 0.250. The maximum atomic E-state index is 5.46. The molecule has 1 unspecified atom stereocenters. The molecule has 0 saturated carbocycles. The molecule has 0 bridgehead atoms. The van der Waals surface area contributed by atoms with Crippen molar-refractivity contribution in [1.82, 2.24) is 9.55 Å². The van der Waals surface area contributed by atoms with Gasteiger partial charge >= 0.3 is 0 Å². The predicted octanol–water partition coefficient (Wildman–Crippen LogP) is 0.902. The molecule has 0 N–H and O–H groups in total. The first-order chi connectivity index (χ1) is 5.41. The summed E-state index contributed by atoms with van der Waals surface area (Å²) in [5.74, 6) is 0. The van der Waals surface area contributed by atoms with E-state index < -0.39 is 0 Å². The molecule has 0 aliphatic carbocycles. The van der Waals surface area contributed by atoms with Gasteiger partial charge in [-0.05, 0) is 12.8 Å². The number of hydrogen-bond donors (Lipinski definition) is 0. The zero-order chi connectivity index (χ0) is 7.31. The fourth-order valence-electron chi connectivity index (χ4n) is 1.92. The van der Waals surface area contributed by atoms with Crippen LogP contribution in [0.15, 0.2) is 12.5 Å². The van der Waals surface area contributed by atoms with Crippen molar-refractivity contribution in [2.75, 3.05) is 6.61 Å². The second-order valence-electron chi connectivity index (χ2n) is 3.36. The molecule has 3 nitrogen and oxygen atoms in total. The van der Waals surface area contributed by atoms with Crippen LogP contribution < -0.4 is 0 Å². The van der Waals surface area contributed by atoms with E-state index in [1.54, 1.807) is 0 Å². The maximum absolute atomic E-state index is 5.46. The molecular formula is C8H10N2O. The summed E-state index contributed by atoms with van der Waals surface area (Å²) < 4.78 is 7.67. The van der Waals surface area contributed by atoms with Gasteiger partial charge in [0.15, 0.2) is 0 Å². The Balaban J connectivity index is 2.16. The largest absolute Gasteiger partial charge is 0.363 e. The maximum Gasteiger partial charge on any atom is 0.133 e. The number of ether oxygens (including phenoxy) is 1. The van der Waals surface area contributed by atoms with E-state index in [-0.39, 0.29) is 5.60 Å². The minimum atomic E-state index is 0.0920. The fourth-order valence-corrected chi connectivity index (χ4v) is 1.92. The summed E-state index contributed by atoms with van der Waals surface area (Å²) in [6.07, 6.45) is 6.24. The Labute approximate surface area is 65.0 Å². The lowest BCUT2D eigenvalue weighted by Crippen LogP contribution is -2.21. The summed E-state index contributed by atoms with van der Waals surface area (Å²) in [6.45, 7) is 2.01. The van der Waals surface area contributed by atoms with Gasteiger partial charge in [-0.3, -0.25) is 0 Å². The Kier molecular flexibility index (Phi) is 0.874. The van der Waals surface area contributed by atoms with E-state index in [4.69, 9.17) is 4.74 Å². The smallest absolute Gasteiger partial charge is 0.133 e. The predicted molar refractivity (Wildman–Crippen MR) is 39.1 cm³/mol. The number of rotatable bonds is 0. The van der Waals surface area contributed by atoms with E-state index >= 15 is 0 Å². The number of imidazole rings is 1. The molecule has 3 heteroatoms. The molecule has 2 aliphatic rings. The highest BCUT2D eigenvalue weighted by Gasteiger charge is 2.49. The number of fused-ring (bicyclic) bond motifs is 2. The molecule has 2 aliphatic heterocycles. The van der Waals surface area contributed by atoms with Crippen molar-refractivity contribution < 1.29 is 4.74 Å². The first-order valence-electron chi connectivity index (χ1n) is 4.05. The molecule has 1 fully saturated rings. The van der Waals surface area contributed by atoms with Crippen LogP contribution in [0.1, 0.15) is 18.5 Å². The summed E-state index contributed by atoms with van der Waals surface area (Å²) >= 11 is 0. The topological polar surface area (TPSA) is 30.4 Å². The summed E-state index contributed by atoms with van der Waals surface area (Å²) in [7, 11) is 0. The SMILES string of the molecule is c1ncn2c1C1(CCC2)CO1. The third-order valence-electron chi connectivity index (χ3n) is 2.65. The molecule has 1 aromatic rings. The van der Waals surface area contributed by atoms with Crippen LogP contribution in [-0.2, 0) is 16.9 Å². The highest BCUT2D eigenvalue weighted by atomic mass is 16.6. The van der Waals surface area contributed by atoms with Crippen molar-refractivity contribution in [2.45, 2.75) is 25.0 Å². The van der Waals surface area contributed by atoms with Crippen LogP contribution in [0.25, 0.3) is 0 Å². The van der Waals surface area contributed by atoms with Crippen molar-refractivity contribution >= 4 is 0 Å². The van der Waals surface area contributed by atoms with Gasteiger partial charge in [-0.25, -0.2) is 4.98 Å². The van der Waals surface area contributed by atoms with E-state index in [1.807, 2.05) is 12.5 Å².